The van der Waals surface area contributed by atoms with E-state index in [1.807, 2.05) is 30.3 Å². The molecule has 0 radical (unpaired) electrons. The van der Waals surface area contributed by atoms with Crippen LogP contribution in [0.25, 0.3) is 0 Å². The molecule has 0 aliphatic heterocycles. The monoisotopic (exact) mass is 382 g/mol. The Balaban J connectivity index is 0.00000338. The lowest BCUT2D eigenvalue weighted by molar-refractivity contribution is -0.122. The normalized spacial score (nSPS) is 11.3. The SMILES string of the molecule is COC(CN)CC(=O)Nc1ncn(CC(=O)NCc2ccccc2)n1.Cl. The van der Waals surface area contributed by atoms with E-state index in [9.17, 15) is 9.59 Å². The molecule has 2 aromatic rings. The number of benzene rings is 1. The zero-order valence-corrected chi connectivity index (χ0v) is 15.2. The summed E-state index contributed by atoms with van der Waals surface area (Å²) in [5.41, 5.74) is 6.48. The standard InChI is InChI=1S/C16H22N6O3.ClH/c1-25-13(8-17)7-14(23)20-16-19-11-22(21-16)10-15(24)18-9-12-5-3-2-4-6-12;/h2-6,11,13H,7-10,17H2,1H3,(H,18,24)(H,20,21,23);1H. The molecule has 1 aromatic heterocycles. The number of carbonyl (C=O) groups excluding carboxylic acids is 2. The maximum Gasteiger partial charge on any atom is 0.248 e. The topological polar surface area (TPSA) is 124 Å². The number of aromatic nitrogens is 3. The van der Waals surface area contributed by atoms with E-state index in [4.69, 9.17) is 10.5 Å². The van der Waals surface area contributed by atoms with E-state index in [2.05, 4.69) is 20.7 Å². The number of ether oxygens (including phenoxy) is 1. The molecule has 26 heavy (non-hydrogen) atoms. The van der Waals surface area contributed by atoms with Crippen molar-refractivity contribution in [2.75, 3.05) is 19.0 Å². The number of nitrogens with two attached hydrogens (primary N) is 1. The smallest absolute Gasteiger partial charge is 0.248 e. The molecule has 0 saturated heterocycles. The second-order valence-electron chi connectivity index (χ2n) is 5.37. The molecule has 1 unspecified atom stereocenters. The number of hydrogen-bond acceptors (Lipinski definition) is 6. The minimum Gasteiger partial charge on any atom is -0.380 e. The van der Waals surface area contributed by atoms with E-state index in [-0.39, 0.29) is 55.8 Å². The molecule has 0 saturated carbocycles. The number of rotatable bonds is 9. The fourth-order valence-corrected chi connectivity index (χ4v) is 2.07. The molecule has 0 bridgehead atoms. The van der Waals surface area contributed by atoms with Crippen LogP contribution in [0.4, 0.5) is 5.95 Å². The third kappa shape index (κ3) is 7.18. The van der Waals surface area contributed by atoms with E-state index in [0.717, 1.165) is 5.56 Å². The Bertz CT molecular complexity index is 690. The van der Waals surface area contributed by atoms with Gasteiger partial charge in [-0.15, -0.1) is 17.5 Å². The van der Waals surface area contributed by atoms with Gasteiger partial charge < -0.3 is 15.8 Å². The van der Waals surface area contributed by atoms with Crippen molar-refractivity contribution in [3.8, 4) is 0 Å². The van der Waals surface area contributed by atoms with Gasteiger partial charge in [0.2, 0.25) is 17.8 Å². The van der Waals surface area contributed by atoms with Crippen molar-refractivity contribution in [3.63, 3.8) is 0 Å². The maximum atomic E-state index is 11.9. The summed E-state index contributed by atoms with van der Waals surface area (Å²) in [4.78, 5) is 27.7. The molecule has 1 heterocycles. The number of nitrogens with one attached hydrogen (secondary N) is 2. The predicted octanol–water partition coefficient (Wildman–Crippen LogP) is 0.319. The summed E-state index contributed by atoms with van der Waals surface area (Å²) in [6, 6.07) is 9.59. The Morgan fingerprint density at radius 3 is 2.65 bits per heavy atom. The number of hydrogen-bond donors (Lipinski definition) is 3. The van der Waals surface area contributed by atoms with Gasteiger partial charge in [0.05, 0.1) is 12.5 Å². The lowest BCUT2D eigenvalue weighted by Gasteiger charge is -2.11. The highest BCUT2D eigenvalue weighted by molar-refractivity contribution is 5.89. The van der Waals surface area contributed by atoms with Crippen LogP contribution in [-0.4, -0.2) is 46.3 Å². The van der Waals surface area contributed by atoms with Gasteiger partial charge >= 0.3 is 0 Å². The van der Waals surface area contributed by atoms with Crippen LogP contribution in [0.1, 0.15) is 12.0 Å². The highest BCUT2D eigenvalue weighted by atomic mass is 35.5. The lowest BCUT2D eigenvalue weighted by Crippen LogP contribution is -2.28. The van der Waals surface area contributed by atoms with Crippen molar-refractivity contribution in [1.82, 2.24) is 20.1 Å². The first-order valence-electron chi connectivity index (χ1n) is 7.83. The Kier molecular flexibility index (Phi) is 9.27. The van der Waals surface area contributed by atoms with Crippen molar-refractivity contribution in [2.45, 2.75) is 25.6 Å². The largest absolute Gasteiger partial charge is 0.380 e. The Labute approximate surface area is 157 Å². The fraction of sp³-hybridized carbons (Fsp3) is 0.375. The van der Waals surface area contributed by atoms with Gasteiger partial charge in [-0.05, 0) is 5.56 Å². The van der Waals surface area contributed by atoms with Crippen LogP contribution in [0.5, 0.6) is 0 Å². The molecular formula is C16H23ClN6O3. The minimum atomic E-state index is -0.356. The highest BCUT2D eigenvalue weighted by Crippen LogP contribution is 2.02. The van der Waals surface area contributed by atoms with Crippen molar-refractivity contribution in [1.29, 1.82) is 0 Å². The molecule has 0 spiro atoms. The highest BCUT2D eigenvalue weighted by Gasteiger charge is 2.13. The van der Waals surface area contributed by atoms with Gasteiger partial charge in [-0.1, -0.05) is 30.3 Å². The molecule has 10 heteroatoms. The van der Waals surface area contributed by atoms with Crippen LogP contribution in [0.2, 0.25) is 0 Å². The molecule has 1 atom stereocenters. The molecule has 0 aliphatic carbocycles. The van der Waals surface area contributed by atoms with Gasteiger partial charge in [-0.3, -0.25) is 14.9 Å². The maximum absolute atomic E-state index is 11.9. The first-order valence-corrected chi connectivity index (χ1v) is 7.83. The molecule has 2 amide bonds. The van der Waals surface area contributed by atoms with E-state index in [0.29, 0.717) is 6.54 Å². The molecule has 9 nitrogen and oxygen atoms in total. The van der Waals surface area contributed by atoms with Crippen LogP contribution in [-0.2, 0) is 27.4 Å². The number of nitrogens with zero attached hydrogens (tertiary/aromatic N) is 3. The van der Waals surface area contributed by atoms with Gasteiger partial charge in [-0.2, -0.15) is 0 Å². The average Bonchev–Trinajstić information content (AvgIpc) is 3.05. The Morgan fingerprint density at radius 1 is 1.27 bits per heavy atom. The summed E-state index contributed by atoms with van der Waals surface area (Å²) < 4.78 is 6.40. The summed E-state index contributed by atoms with van der Waals surface area (Å²) in [7, 11) is 1.49. The number of methoxy groups -OCH3 is 1. The van der Waals surface area contributed by atoms with Crippen molar-refractivity contribution in [2.24, 2.45) is 5.73 Å². The quantitative estimate of drug-likeness (QED) is 0.573. The minimum absolute atomic E-state index is 0. The van der Waals surface area contributed by atoms with E-state index >= 15 is 0 Å². The van der Waals surface area contributed by atoms with E-state index in [1.54, 1.807) is 0 Å². The summed E-state index contributed by atoms with van der Waals surface area (Å²) in [6.07, 6.45) is 1.14. The average molecular weight is 383 g/mol. The second kappa shape index (κ2) is 11.2. The van der Waals surface area contributed by atoms with Crippen molar-refractivity contribution < 1.29 is 14.3 Å². The first-order chi connectivity index (χ1) is 12.1. The van der Waals surface area contributed by atoms with Crippen LogP contribution in [0.15, 0.2) is 36.7 Å². The van der Waals surface area contributed by atoms with Gasteiger partial charge in [-0.25, -0.2) is 9.67 Å². The molecule has 4 N–H and O–H groups in total. The first kappa shape index (κ1) is 21.6. The van der Waals surface area contributed by atoms with Gasteiger partial charge in [0.1, 0.15) is 12.9 Å². The third-order valence-corrected chi connectivity index (χ3v) is 3.44. The number of halogens is 1. The van der Waals surface area contributed by atoms with Crippen LogP contribution in [0.3, 0.4) is 0 Å². The second-order valence-corrected chi connectivity index (χ2v) is 5.37. The molecule has 142 valence electrons. The summed E-state index contributed by atoms with van der Waals surface area (Å²) in [6.45, 7) is 0.696. The zero-order chi connectivity index (χ0) is 18.1. The molecule has 2 rings (SSSR count). The van der Waals surface area contributed by atoms with Gasteiger partial charge in [0.25, 0.3) is 0 Å². The zero-order valence-electron chi connectivity index (χ0n) is 14.4. The van der Waals surface area contributed by atoms with Gasteiger partial charge in [0, 0.05) is 20.2 Å². The Hall–Kier alpha value is -2.49. The number of amides is 2. The van der Waals surface area contributed by atoms with Crippen LogP contribution >= 0.6 is 12.4 Å². The van der Waals surface area contributed by atoms with E-state index in [1.165, 1.54) is 18.1 Å². The molecule has 0 aliphatic rings. The Morgan fingerprint density at radius 2 is 2.00 bits per heavy atom. The number of anilines is 1. The van der Waals surface area contributed by atoms with Crippen molar-refractivity contribution >= 4 is 30.2 Å². The fourth-order valence-electron chi connectivity index (χ4n) is 2.07. The summed E-state index contributed by atoms with van der Waals surface area (Å²) in [5.74, 6) is -0.370. The predicted molar refractivity (Wildman–Crippen MR) is 98.7 cm³/mol. The van der Waals surface area contributed by atoms with E-state index < -0.39 is 0 Å². The van der Waals surface area contributed by atoms with Crippen molar-refractivity contribution in [3.05, 3.63) is 42.2 Å². The summed E-state index contributed by atoms with van der Waals surface area (Å²) >= 11 is 0. The molecule has 0 fully saturated rings. The lowest BCUT2D eigenvalue weighted by atomic mass is 10.2. The van der Waals surface area contributed by atoms with Gasteiger partial charge in [0.15, 0.2) is 0 Å². The third-order valence-electron chi connectivity index (χ3n) is 3.44. The summed E-state index contributed by atoms with van der Waals surface area (Å²) in [5, 5.41) is 9.38. The molecule has 1 aromatic carbocycles. The van der Waals surface area contributed by atoms with Crippen LogP contribution in [0, 0.1) is 0 Å². The molecular weight excluding hydrogens is 360 g/mol. The van der Waals surface area contributed by atoms with Crippen LogP contribution < -0.4 is 16.4 Å². The number of carbonyl (C=O) groups is 2.